The summed E-state index contributed by atoms with van der Waals surface area (Å²) in [5.41, 5.74) is 1.86. The normalized spacial score (nSPS) is 14.4. The Morgan fingerprint density at radius 3 is 1.97 bits per heavy atom. The van der Waals surface area contributed by atoms with Gasteiger partial charge in [0.2, 0.25) is 5.91 Å². The van der Waals surface area contributed by atoms with Crippen LogP contribution in [-0.4, -0.2) is 53.7 Å². The van der Waals surface area contributed by atoms with E-state index in [4.69, 9.17) is 11.6 Å². The number of carbonyl (C=O) groups is 3. The summed E-state index contributed by atoms with van der Waals surface area (Å²) < 4.78 is 0. The average molecular weight is 476 g/mol. The standard InChI is InChI=1S/C27H26ClN3O3/c28-23-14-8-7-13-22(23)26(33)29-24(20-9-3-1-4-10-20)19-25(32)30-15-17-31(18-16-30)27(34)21-11-5-2-6-12-21/h1-14,24H,15-19H2,(H,29,33). The molecule has 1 aliphatic rings. The molecule has 1 fully saturated rings. The fraction of sp³-hybridized carbons (Fsp3) is 0.222. The molecular formula is C27H26ClN3O3. The molecule has 0 bridgehead atoms. The Kier molecular flexibility index (Phi) is 7.60. The Labute approximate surface area is 204 Å². The first kappa shape index (κ1) is 23.5. The molecule has 1 aliphatic heterocycles. The highest BCUT2D eigenvalue weighted by Crippen LogP contribution is 2.22. The summed E-state index contributed by atoms with van der Waals surface area (Å²) in [6.07, 6.45) is 0.118. The van der Waals surface area contributed by atoms with Crippen LogP contribution in [0.1, 0.15) is 38.7 Å². The SMILES string of the molecule is O=C(NC(CC(=O)N1CCN(C(=O)c2ccccc2)CC1)c1ccccc1)c1ccccc1Cl. The van der Waals surface area contributed by atoms with E-state index in [2.05, 4.69) is 5.32 Å². The molecule has 0 saturated carbocycles. The zero-order valence-corrected chi connectivity index (χ0v) is 19.4. The van der Waals surface area contributed by atoms with Crippen LogP contribution in [-0.2, 0) is 4.79 Å². The van der Waals surface area contributed by atoms with Gasteiger partial charge in [0.15, 0.2) is 0 Å². The Bertz CT molecular complexity index is 1150. The highest BCUT2D eigenvalue weighted by Gasteiger charge is 2.27. The van der Waals surface area contributed by atoms with Crippen LogP contribution in [0.5, 0.6) is 0 Å². The Hall–Kier alpha value is -3.64. The first-order valence-electron chi connectivity index (χ1n) is 11.3. The van der Waals surface area contributed by atoms with Crippen molar-refractivity contribution >= 4 is 29.3 Å². The molecule has 0 spiro atoms. The molecule has 0 aliphatic carbocycles. The highest BCUT2D eigenvalue weighted by atomic mass is 35.5. The molecule has 3 aromatic rings. The number of nitrogens with one attached hydrogen (secondary N) is 1. The summed E-state index contributed by atoms with van der Waals surface area (Å²) in [6.45, 7) is 1.86. The third-order valence-electron chi connectivity index (χ3n) is 5.94. The average Bonchev–Trinajstić information content (AvgIpc) is 2.89. The smallest absolute Gasteiger partial charge is 0.253 e. The first-order chi connectivity index (χ1) is 16.5. The largest absolute Gasteiger partial charge is 0.345 e. The van der Waals surface area contributed by atoms with E-state index in [1.54, 1.807) is 46.2 Å². The molecule has 1 N–H and O–H groups in total. The Morgan fingerprint density at radius 2 is 1.32 bits per heavy atom. The van der Waals surface area contributed by atoms with E-state index in [-0.39, 0.29) is 24.1 Å². The predicted octanol–water partition coefficient (Wildman–Crippen LogP) is 4.19. The van der Waals surface area contributed by atoms with E-state index in [0.717, 1.165) is 5.56 Å². The molecule has 1 saturated heterocycles. The number of hydrogen-bond donors (Lipinski definition) is 1. The van der Waals surface area contributed by atoms with E-state index in [9.17, 15) is 14.4 Å². The van der Waals surface area contributed by atoms with E-state index in [1.165, 1.54) is 0 Å². The van der Waals surface area contributed by atoms with Crippen molar-refractivity contribution in [3.63, 3.8) is 0 Å². The van der Waals surface area contributed by atoms with Gasteiger partial charge in [-0.05, 0) is 29.8 Å². The van der Waals surface area contributed by atoms with Gasteiger partial charge in [-0.3, -0.25) is 14.4 Å². The zero-order valence-electron chi connectivity index (χ0n) is 18.7. The Morgan fingerprint density at radius 1 is 0.765 bits per heavy atom. The lowest BCUT2D eigenvalue weighted by atomic mass is 10.0. The topological polar surface area (TPSA) is 69.7 Å². The maximum absolute atomic E-state index is 13.2. The van der Waals surface area contributed by atoms with Crippen molar-refractivity contribution in [3.8, 4) is 0 Å². The number of carbonyl (C=O) groups excluding carboxylic acids is 3. The van der Waals surface area contributed by atoms with Crippen LogP contribution >= 0.6 is 11.6 Å². The monoisotopic (exact) mass is 475 g/mol. The summed E-state index contributed by atoms with van der Waals surface area (Å²) in [6, 6.07) is 24.9. The van der Waals surface area contributed by atoms with Gasteiger partial charge in [-0.2, -0.15) is 0 Å². The van der Waals surface area contributed by atoms with Crippen LogP contribution in [0.15, 0.2) is 84.9 Å². The predicted molar refractivity (Wildman–Crippen MR) is 132 cm³/mol. The second-order valence-corrected chi connectivity index (χ2v) is 8.57. The number of nitrogens with zero attached hydrogens (tertiary/aromatic N) is 2. The van der Waals surface area contributed by atoms with Gasteiger partial charge in [-0.1, -0.05) is 72.3 Å². The minimum atomic E-state index is -0.499. The molecule has 1 heterocycles. The van der Waals surface area contributed by atoms with E-state index in [1.807, 2.05) is 48.5 Å². The molecule has 6 nitrogen and oxygen atoms in total. The van der Waals surface area contributed by atoms with Gasteiger partial charge in [0.1, 0.15) is 0 Å². The lowest BCUT2D eigenvalue weighted by molar-refractivity contribution is -0.133. The van der Waals surface area contributed by atoms with E-state index < -0.39 is 6.04 Å². The third kappa shape index (κ3) is 5.64. The van der Waals surface area contributed by atoms with Gasteiger partial charge >= 0.3 is 0 Å². The van der Waals surface area contributed by atoms with Crippen molar-refractivity contribution in [2.45, 2.75) is 12.5 Å². The van der Waals surface area contributed by atoms with Gasteiger partial charge in [-0.15, -0.1) is 0 Å². The van der Waals surface area contributed by atoms with Crippen LogP contribution in [0, 0.1) is 0 Å². The quantitative estimate of drug-likeness (QED) is 0.581. The number of benzene rings is 3. The molecule has 0 aromatic heterocycles. The third-order valence-corrected chi connectivity index (χ3v) is 6.27. The van der Waals surface area contributed by atoms with Gasteiger partial charge in [0.25, 0.3) is 11.8 Å². The first-order valence-corrected chi connectivity index (χ1v) is 11.6. The second kappa shape index (κ2) is 11.0. The fourth-order valence-electron chi connectivity index (χ4n) is 4.04. The van der Waals surface area contributed by atoms with Crippen LogP contribution in [0.4, 0.5) is 0 Å². The number of amides is 3. The van der Waals surface area contributed by atoms with E-state index in [0.29, 0.717) is 42.3 Å². The number of hydrogen-bond acceptors (Lipinski definition) is 3. The molecule has 34 heavy (non-hydrogen) atoms. The maximum Gasteiger partial charge on any atom is 0.253 e. The minimum absolute atomic E-state index is 0.0261. The fourth-order valence-corrected chi connectivity index (χ4v) is 4.27. The summed E-state index contributed by atoms with van der Waals surface area (Å²) in [4.78, 5) is 42.3. The maximum atomic E-state index is 13.2. The summed E-state index contributed by atoms with van der Waals surface area (Å²) in [5, 5.41) is 3.33. The minimum Gasteiger partial charge on any atom is -0.345 e. The molecule has 1 unspecified atom stereocenters. The van der Waals surface area contributed by atoms with Crippen molar-refractivity contribution < 1.29 is 14.4 Å². The zero-order chi connectivity index (χ0) is 23.9. The highest BCUT2D eigenvalue weighted by molar-refractivity contribution is 6.33. The summed E-state index contributed by atoms with van der Waals surface area (Å²) in [7, 11) is 0. The summed E-state index contributed by atoms with van der Waals surface area (Å²) in [5.74, 6) is -0.424. The number of piperazine rings is 1. The lowest BCUT2D eigenvalue weighted by Crippen LogP contribution is -2.51. The molecule has 174 valence electrons. The van der Waals surface area contributed by atoms with Gasteiger partial charge in [-0.25, -0.2) is 0 Å². The van der Waals surface area contributed by atoms with Crippen molar-refractivity contribution in [2.24, 2.45) is 0 Å². The molecular weight excluding hydrogens is 450 g/mol. The molecule has 3 amide bonds. The molecule has 1 atom stereocenters. The number of rotatable bonds is 6. The molecule has 0 radical (unpaired) electrons. The van der Waals surface area contributed by atoms with Crippen LogP contribution < -0.4 is 5.32 Å². The van der Waals surface area contributed by atoms with Crippen molar-refractivity contribution in [1.29, 1.82) is 0 Å². The van der Waals surface area contributed by atoms with Crippen molar-refractivity contribution in [2.75, 3.05) is 26.2 Å². The van der Waals surface area contributed by atoms with Crippen LogP contribution in [0.2, 0.25) is 5.02 Å². The van der Waals surface area contributed by atoms with Gasteiger partial charge in [0.05, 0.1) is 23.0 Å². The van der Waals surface area contributed by atoms with Crippen molar-refractivity contribution in [3.05, 3.63) is 107 Å². The molecule has 3 aromatic carbocycles. The van der Waals surface area contributed by atoms with E-state index >= 15 is 0 Å². The Balaban J connectivity index is 1.41. The number of halogens is 1. The van der Waals surface area contributed by atoms with Gasteiger partial charge < -0.3 is 15.1 Å². The van der Waals surface area contributed by atoms with Crippen molar-refractivity contribution in [1.82, 2.24) is 15.1 Å². The van der Waals surface area contributed by atoms with Crippen LogP contribution in [0.3, 0.4) is 0 Å². The summed E-state index contributed by atoms with van der Waals surface area (Å²) >= 11 is 6.19. The van der Waals surface area contributed by atoms with Crippen LogP contribution in [0.25, 0.3) is 0 Å². The van der Waals surface area contributed by atoms with Gasteiger partial charge in [0, 0.05) is 31.7 Å². The second-order valence-electron chi connectivity index (χ2n) is 8.16. The molecule has 4 rings (SSSR count). The molecule has 7 heteroatoms. The lowest BCUT2D eigenvalue weighted by Gasteiger charge is -2.35.